The predicted molar refractivity (Wildman–Crippen MR) is 87.1 cm³/mol. The van der Waals surface area contributed by atoms with Crippen LogP contribution in [0, 0.1) is 12.8 Å². The number of aryl methyl sites for hydroxylation is 1. The number of carbonyl (C=O) groups is 2. The SMILES string of the molecule is Cc1ncsc1C(=O)OC[C@@H]1CC(=O)N(Cc2ccccc2)C1. The lowest BCUT2D eigenvalue weighted by atomic mass is 10.1. The lowest BCUT2D eigenvalue weighted by Gasteiger charge is -2.16. The number of likely N-dealkylation sites (tertiary alicyclic amines) is 1. The molecule has 1 aliphatic rings. The smallest absolute Gasteiger partial charge is 0.350 e. The van der Waals surface area contributed by atoms with Crippen molar-refractivity contribution in [1.82, 2.24) is 9.88 Å². The molecule has 1 amide bonds. The zero-order valence-corrected chi connectivity index (χ0v) is 13.7. The van der Waals surface area contributed by atoms with Crippen LogP contribution in [0.5, 0.6) is 0 Å². The van der Waals surface area contributed by atoms with E-state index in [4.69, 9.17) is 4.74 Å². The average molecular weight is 330 g/mol. The van der Waals surface area contributed by atoms with Crippen molar-refractivity contribution in [3.8, 4) is 0 Å². The molecule has 1 atom stereocenters. The van der Waals surface area contributed by atoms with E-state index in [1.807, 2.05) is 35.2 Å². The summed E-state index contributed by atoms with van der Waals surface area (Å²) in [6.45, 7) is 3.29. The average Bonchev–Trinajstić information content (AvgIpc) is 3.12. The molecule has 2 aromatic rings. The number of hydrogen-bond donors (Lipinski definition) is 0. The minimum atomic E-state index is -0.348. The Morgan fingerprint density at radius 1 is 1.39 bits per heavy atom. The van der Waals surface area contributed by atoms with Crippen LogP contribution in [0.2, 0.25) is 0 Å². The third kappa shape index (κ3) is 3.76. The minimum absolute atomic E-state index is 0.0587. The molecular formula is C17H18N2O3S. The van der Waals surface area contributed by atoms with E-state index < -0.39 is 0 Å². The monoisotopic (exact) mass is 330 g/mol. The topological polar surface area (TPSA) is 59.5 Å². The van der Waals surface area contributed by atoms with E-state index in [0.717, 1.165) is 5.56 Å². The summed E-state index contributed by atoms with van der Waals surface area (Å²) in [5.41, 5.74) is 3.43. The van der Waals surface area contributed by atoms with E-state index in [2.05, 4.69) is 4.98 Å². The number of ether oxygens (including phenoxy) is 1. The third-order valence-corrected chi connectivity index (χ3v) is 4.80. The quantitative estimate of drug-likeness (QED) is 0.791. The van der Waals surface area contributed by atoms with Crippen LogP contribution < -0.4 is 0 Å². The fourth-order valence-corrected chi connectivity index (χ4v) is 3.37. The van der Waals surface area contributed by atoms with Gasteiger partial charge in [0.05, 0.1) is 17.8 Å². The van der Waals surface area contributed by atoms with Crippen LogP contribution in [0.3, 0.4) is 0 Å². The predicted octanol–water partition coefficient (Wildman–Crippen LogP) is 2.66. The molecular weight excluding hydrogens is 312 g/mol. The Balaban J connectivity index is 1.52. The van der Waals surface area contributed by atoms with E-state index in [1.165, 1.54) is 11.3 Å². The van der Waals surface area contributed by atoms with Gasteiger partial charge in [0.2, 0.25) is 5.91 Å². The van der Waals surface area contributed by atoms with Crippen molar-refractivity contribution < 1.29 is 14.3 Å². The van der Waals surface area contributed by atoms with Crippen LogP contribution in [0.25, 0.3) is 0 Å². The van der Waals surface area contributed by atoms with E-state index in [-0.39, 0.29) is 24.4 Å². The summed E-state index contributed by atoms with van der Waals surface area (Å²) in [6, 6.07) is 9.90. The normalized spacial score (nSPS) is 17.5. The van der Waals surface area contributed by atoms with Gasteiger partial charge in [0.1, 0.15) is 4.88 Å². The molecule has 6 heteroatoms. The van der Waals surface area contributed by atoms with Crippen LogP contribution in [-0.4, -0.2) is 34.9 Å². The minimum Gasteiger partial charge on any atom is -0.461 e. The fourth-order valence-electron chi connectivity index (χ4n) is 2.68. The van der Waals surface area contributed by atoms with E-state index in [1.54, 1.807) is 12.4 Å². The Bertz CT molecular complexity index is 699. The van der Waals surface area contributed by atoms with Gasteiger partial charge in [0.25, 0.3) is 0 Å². The van der Waals surface area contributed by atoms with Crippen LogP contribution in [0.15, 0.2) is 35.8 Å². The maximum absolute atomic E-state index is 12.1. The van der Waals surface area contributed by atoms with Gasteiger partial charge in [-0.1, -0.05) is 30.3 Å². The number of aromatic nitrogens is 1. The molecule has 5 nitrogen and oxygen atoms in total. The van der Waals surface area contributed by atoms with Crippen LogP contribution in [-0.2, 0) is 16.1 Å². The molecule has 23 heavy (non-hydrogen) atoms. The number of thiazole rings is 1. The second-order valence-corrected chi connectivity index (χ2v) is 6.55. The van der Waals surface area contributed by atoms with Gasteiger partial charge in [0.15, 0.2) is 0 Å². The Kier molecular flexibility index (Phi) is 4.71. The molecule has 1 saturated heterocycles. The van der Waals surface area contributed by atoms with E-state index in [0.29, 0.717) is 30.1 Å². The van der Waals surface area contributed by atoms with Crippen LogP contribution >= 0.6 is 11.3 Å². The highest BCUT2D eigenvalue weighted by molar-refractivity contribution is 7.11. The van der Waals surface area contributed by atoms with Crippen molar-refractivity contribution in [2.24, 2.45) is 5.92 Å². The number of esters is 1. The number of nitrogens with zero attached hydrogens (tertiary/aromatic N) is 2. The Morgan fingerprint density at radius 2 is 2.17 bits per heavy atom. The number of carbonyl (C=O) groups excluding carboxylic acids is 2. The molecule has 0 spiro atoms. The molecule has 0 saturated carbocycles. The van der Waals surface area contributed by atoms with Crippen molar-refractivity contribution in [2.45, 2.75) is 19.9 Å². The van der Waals surface area contributed by atoms with Crippen LogP contribution in [0.1, 0.15) is 27.3 Å². The zero-order valence-electron chi connectivity index (χ0n) is 12.9. The van der Waals surface area contributed by atoms with Crippen molar-refractivity contribution in [2.75, 3.05) is 13.2 Å². The van der Waals surface area contributed by atoms with Crippen molar-refractivity contribution in [1.29, 1.82) is 0 Å². The number of benzene rings is 1. The highest BCUT2D eigenvalue weighted by Crippen LogP contribution is 2.21. The maximum atomic E-state index is 12.1. The van der Waals surface area contributed by atoms with Gasteiger partial charge in [-0.25, -0.2) is 9.78 Å². The fraction of sp³-hybridized carbons (Fsp3) is 0.353. The second kappa shape index (κ2) is 6.91. The van der Waals surface area contributed by atoms with E-state index in [9.17, 15) is 9.59 Å². The van der Waals surface area contributed by atoms with Crippen molar-refractivity contribution >= 4 is 23.2 Å². The second-order valence-electron chi connectivity index (χ2n) is 5.70. The van der Waals surface area contributed by atoms with Gasteiger partial charge in [-0.3, -0.25) is 4.79 Å². The first-order chi connectivity index (χ1) is 11.1. The first kappa shape index (κ1) is 15.7. The highest BCUT2D eigenvalue weighted by Gasteiger charge is 2.30. The molecule has 0 aliphatic carbocycles. The van der Waals surface area contributed by atoms with Gasteiger partial charge in [0, 0.05) is 25.4 Å². The molecule has 3 rings (SSSR count). The van der Waals surface area contributed by atoms with Crippen LogP contribution in [0.4, 0.5) is 0 Å². The van der Waals surface area contributed by atoms with Gasteiger partial charge < -0.3 is 9.64 Å². The molecule has 0 radical (unpaired) electrons. The lowest BCUT2D eigenvalue weighted by Crippen LogP contribution is -2.25. The lowest BCUT2D eigenvalue weighted by molar-refractivity contribution is -0.128. The molecule has 1 aromatic carbocycles. The Morgan fingerprint density at radius 3 is 2.87 bits per heavy atom. The van der Waals surface area contributed by atoms with Crippen molar-refractivity contribution in [3.05, 3.63) is 52.0 Å². The van der Waals surface area contributed by atoms with Gasteiger partial charge in [-0.15, -0.1) is 11.3 Å². The first-order valence-electron chi connectivity index (χ1n) is 7.52. The standard InChI is InChI=1S/C17H18N2O3S/c1-12-16(23-11-18-12)17(21)22-10-14-7-15(20)19(9-14)8-13-5-3-2-4-6-13/h2-6,11,14H,7-10H2,1H3/t14-/m1/s1. The summed E-state index contributed by atoms with van der Waals surface area (Å²) >= 11 is 1.28. The summed E-state index contributed by atoms with van der Waals surface area (Å²) < 4.78 is 5.35. The molecule has 0 unspecified atom stereocenters. The van der Waals surface area contributed by atoms with Gasteiger partial charge in [-0.2, -0.15) is 0 Å². The Labute approximate surface area is 138 Å². The molecule has 0 bridgehead atoms. The molecule has 1 fully saturated rings. The summed E-state index contributed by atoms with van der Waals surface area (Å²) in [5, 5.41) is 0. The first-order valence-corrected chi connectivity index (χ1v) is 8.40. The van der Waals surface area contributed by atoms with Gasteiger partial charge in [-0.05, 0) is 12.5 Å². The summed E-state index contributed by atoms with van der Waals surface area (Å²) in [7, 11) is 0. The molecule has 120 valence electrons. The van der Waals surface area contributed by atoms with E-state index >= 15 is 0 Å². The summed E-state index contributed by atoms with van der Waals surface area (Å²) in [6.07, 6.45) is 0.432. The summed E-state index contributed by atoms with van der Waals surface area (Å²) in [4.78, 5) is 30.5. The molecule has 1 aliphatic heterocycles. The van der Waals surface area contributed by atoms with Gasteiger partial charge >= 0.3 is 5.97 Å². The largest absolute Gasteiger partial charge is 0.461 e. The molecule has 0 N–H and O–H groups in total. The number of amides is 1. The molecule has 2 heterocycles. The summed E-state index contributed by atoms with van der Waals surface area (Å²) in [5.74, 6) is -0.175. The third-order valence-electron chi connectivity index (χ3n) is 3.89. The Hall–Kier alpha value is -2.21. The number of rotatable bonds is 5. The number of hydrogen-bond acceptors (Lipinski definition) is 5. The molecule has 1 aromatic heterocycles. The van der Waals surface area contributed by atoms with Crippen molar-refractivity contribution in [3.63, 3.8) is 0 Å². The zero-order chi connectivity index (χ0) is 16.2. The maximum Gasteiger partial charge on any atom is 0.350 e. The highest BCUT2D eigenvalue weighted by atomic mass is 32.1.